The Balaban J connectivity index is 4.38. The molecule has 2 N–H and O–H groups in total. The van der Waals surface area contributed by atoms with Crippen LogP contribution in [-0.4, -0.2) is 22.6 Å². The minimum Gasteiger partial charge on any atom is -0.321 e. The Kier molecular flexibility index (Phi) is 5.38. The molecule has 13 heavy (non-hydrogen) atoms. The van der Waals surface area contributed by atoms with Crippen molar-refractivity contribution in [2.24, 2.45) is 11.7 Å². The van der Waals surface area contributed by atoms with Gasteiger partial charge in [-0.3, -0.25) is 0 Å². The molecule has 0 spiro atoms. The van der Waals surface area contributed by atoms with E-state index in [0.717, 1.165) is 11.2 Å². The zero-order chi connectivity index (χ0) is 10.6. The summed E-state index contributed by atoms with van der Waals surface area (Å²) in [5.41, 5.74) is 6.10. The third-order valence-electron chi connectivity index (χ3n) is 3.19. The van der Waals surface area contributed by atoms with Crippen LogP contribution in [0.5, 0.6) is 0 Å². The lowest BCUT2D eigenvalue weighted by Crippen LogP contribution is -2.32. The van der Waals surface area contributed by atoms with E-state index in [2.05, 4.69) is 40.9 Å². The molecule has 0 aliphatic carbocycles. The van der Waals surface area contributed by atoms with Crippen molar-refractivity contribution in [3.8, 4) is 0 Å². The molecule has 0 fully saturated rings. The molecule has 0 heterocycles. The van der Waals surface area contributed by atoms with E-state index in [9.17, 15) is 0 Å². The molecule has 0 aliphatic heterocycles. The second kappa shape index (κ2) is 5.26. The SMILES string of the molecule is CCS(C)(C(C)N)C(C)CC(C)C. The van der Waals surface area contributed by atoms with Crippen LogP contribution in [0.1, 0.15) is 41.0 Å². The van der Waals surface area contributed by atoms with Gasteiger partial charge in [0.2, 0.25) is 0 Å². The highest BCUT2D eigenvalue weighted by Crippen LogP contribution is 2.52. The van der Waals surface area contributed by atoms with Crippen LogP contribution in [0.2, 0.25) is 0 Å². The molecule has 3 unspecified atom stereocenters. The summed E-state index contributed by atoms with van der Waals surface area (Å²) in [7, 11) is -0.590. The topological polar surface area (TPSA) is 26.0 Å². The summed E-state index contributed by atoms with van der Waals surface area (Å²) in [4.78, 5) is 0. The molecule has 0 aromatic carbocycles. The van der Waals surface area contributed by atoms with Gasteiger partial charge < -0.3 is 5.73 Å². The van der Waals surface area contributed by atoms with E-state index >= 15 is 0 Å². The van der Waals surface area contributed by atoms with E-state index in [1.165, 1.54) is 12.2 Å². The molecule has 0 bridgehead atoms. The van der Waals surface area contributed by atoms with Crippen molar-refractivity contribution < 1.29 is 0 Å². The number of hydrogen-bond acceptors (Lipinski definition) is 1. The van der Waals surface area contributed by atoms with Gasteiger partial charge in [0.15, 0.2) is 0 Å². The van der Waals surface area contributed by atoms with Crippen molar-refractivity contribution in [3.63, 3.8) is 0 Å². The van der Waals surface area contributed by atoms with Crippen molar-refractivity contribution in [1.82, 2.24) is 0 Å². The predicted molar refractivity (Wildman–Crippen MR) is 66.6 cm³/mol. The van der Waals surface area contributed by atoms with Gasteiger partial charge in [-0.25, -0.2) is 10.0 Å². The zero-order valence-electron chi connectivity index (χ0n) is 10.1. The number of hydrogen-bond donors (Lipinski definition) is 1. The maximum atomic E-state index is 6.10. The van der Waals surface area contributed by atoms with E-state index < -0.39 is 10.0 Å². The fraction of sp³-hybridized carbons (Fsp3) is 1.00. The first kappa shape index (κ1) is 13.3. The average Bonchev–Trinajstić information content (AvgIpc) is 2.01. The standard InChI is InChI=1S/C11H27NS/c1-7-13(6,11(5)12)10(4)8-9(2)3/h9-11H,7-8,12H2,1-6H3. The highest BCUT2D eigenvalue weighted by Gasteiger charge is 2.27. The van der Waals surface area contributed by atoms with Gasteiger partial charge in [0.1, 0.15) is 0 Å². The van der Waals surface area contributed by atoms with Crippen LogP contribution in [0.15, 0.2) is 0 Å². The Morgan fingerprint density at radius 1 is 1.15 bits per heavy atom. The van der Waals surface area contributed by atoms with Gasteiger partial charge in [-0.15, -0.1) is 0 Å². The minimum absolute atomic E-state index is 0.381. The third kappa shape index (κ3) is 3.51. The highest BCUT2D eigenvalue weighted by molar-refractivity contribution is 8.34. The van der Waals surface area contributed by atoms with Gasteiger partial charge in [0, 0.05) is 5.37 Å². The van der Waals surface area contributed by atoms with Gasteiger partial charge in [0.25, 0.3) is 0 Å². The molecule has 82 valence electrons. The zero-order valence-corrected chi connectivity index (χ0v) is 10.9. The second-order valence-corrected chi connectivity index (χ2v) is 9.25. The largest absolute Gasteiger partial charge is 0.321 e. The van der Waals surface area contributed by atoms with Gasteiger partial charge in [-0.2, -0.15) is 0 Å². The Labute approximate surface area is 85.8 Å². The summed E-state index contributed by atoms with van der Waals surface area (Å²) >= 11 is 0. The number of rotatable bonds is 5. The van der Waals surface area contributed by atoms with Crippen molar-refractivity contribution in [1.29, 1.82) is 0 Å². The molecule has 0 saturated carbocycles. The molecule has 3 atom stereocenters. The van der Waals surface area contributed by atoms with Crippen LogP contribution in [0, 0.1) is 5.92 Å². The molecule has 0 radical (unpaired) electrons. The first-order valence-corrected chi connectivity index (χ1v) is 7.67. The van der Waals surface area contributed by atoms with Crippen molar-refractivity contribution in [3.05, 3.63) is 0 Å². The second-order valence-electron chi connectivity index (χ2n) is 4.66. The molecule has 0 rings (SSSR count). The van der Waals surface area contributed by atoms with Crippen LogP contribution in [-0.2, 0) is 0 Å². The van der Waals surface area contributed by atoms with Gasteiger partial charge in [-0.1, -0.05) is 27.7 Å². The fourth-order valence-electron chi connectivity index (χ4n) is 1.80. The van der Waals surface area contributed by atoms with E-state index in [1.807, 2.05) is 0 Å². The van der Waals surface area contributed by atoms with Crippen LogP contribution in [0.25, 0.3) is 0 Å². The van der Waals surface area contributed by atoms with E-state index in [-0.39, 0.29) is 0 Å². The lowest BCUT2D eigenvalue weighted by Gasteiger charge is -2.45. The number of nitrogens with two attached hydrogens (primary N) is 1. The molecular weight excluding hydrogens is 178 g/mol. The van der Waals surface area contributed by atoms with Crippen molar-refractivity contribution in [2.75, 3.05) is 12.0 Å². The maximum Gasteiger partial charge on any atom is 0.0323 e. The summed E-state index contributed by atoms with van der Waals surface area (Å²) in [6.45, 7) is 11.4. The van der Waals surface area contributed by atoms with E-state index in [4.69, 9.17) is 5.73 Å². The Morgan fingerprint density at radius 3 is 1.85 bits per heavy atom. The van der Waals surface area contributed by atoms with Crippen molar-refractivity contribution in [2.45, 2.75) is 51.7 Å². The quantitative estimate of drug-likeness (QED) is 0.733. The summed E-state index contributed by atoms with van der Waals surface area (Å²) in [5.74, 6) is 2.06. The Hall–Kier alpha value is 0.310. The predicted octanol–water partition coefficient (Wildman–Crippen LogP) is 3.18. The monoisotopic (exact) mass is 205 g/mol. The smallest absolute Gasteiger partial charge is 0.0323 e. The van der Waals surface area contributed by atoms with E-state index in [0.29, 0.717) is 5.37 Å². The molecule has 2 heteroatoms. The third-order valence-corrected chi connectivity index (χ3v) is 8.17. The lowest BCUT2D eigenvalue weighted by atomic mass is 10.1. The minimum atomic E-state index is -0.590. The average molecular weight is 205 g/mol. The Morgan fingerprint density at radius 2 is 1.62 bits per heavy atom. The lowest BCUT2D eigenvalue weighted by molar-refractivity contribution is 0.580. The summed E-state index contributed by atoms with van der Waals surface area (Å²) < 4.78 is 0. The maximum absolute atomic E-state index is 6.10. The van der Waals surface area contributed by atoms with Crippen LogP contribution in [0.4, 0.5) is 0 Å². The first-order valence-electron chi connectivity index (χ1n) is 5.33. The molecule has 0 aromatic heterocycles. The summed E-state index contributed by atoms with van der Waals surface area (Å²) in [5, 5.41) is 1.18. The van der Waals surface area contributed by atoms with Gasteiger partial charge in [-0.05, 0) is 36.5 Å². The van der Waals surface area contributed by atoms with Crippen LogP contribution >= 0.6 is 10.0 Å². The summed E-state index contributed by atoms with van der Waals surface area (Å²) in [6.07, 6.45) is 3.73. The van der Waals surface area contributed by atoms with Gasteiger partial charge in [0.05, 0.1) is 0 Å². The first-order chi connectivity index (χ1) is 5.84. The fourth-order valence-corrected chi connectivity index (χ4v) is 4.45. The Bertz CT molecular complexity index is 145. The molecule has 0 amide bonds. The normalized spacial score (nSPS) is 23.7. The highest BCUT2D eigenvalue weighted by atomic mass is 32.3. The molecule has 0 saturated heterocycles. The van der Waals surface area contributed by atoms with E-state index in [1.54, 1.807) is 0 Å². The molecule has 0 aromatic rings. The molecular formula is C11H27NS. The molecule has 1 nitrogen and oxygen atoms in total. The summed E-state index contributed by atoms with van der Waals surface area (Å²) in [6, 6.07) is 0. The molecule has 0 aliphatic rings. The van der Waals surface area contributed by atoms with Crippen LogP contribution in [0.3, 0.4) is 0 Å². The van der Waals surface area contributed by atoms with Crippen molar-refractivity contribution >= 4 is 10.0 Å². The van der Waals surface area contributed by atoms with Crippen LogP contribution < -0.4 is 5.73 Å². The van der Waals surface area contributed by atoms with Gasteiger partial charge >= 0.3 is 0 Å².